The van der Waals surface area contributed by atoms with Crippen LogP contribution in [0.2, 0.25) is 0 Å². The Labute approximate surface area is 117 Å². The van der Waals surface area contributed by atoms with Gasteiger partial charge in [-0.05, 0) is 19.8 Å². The maximum Gasteiger partial charge on any atom is 0.328 e. The minimum atomic E-state index is -1.19. The number of hydrogen-bond donors (Lipinski definition) is 3. The van der Waals surface area contributed by atoms with Gasteiger partial charge in [0.1, 0.15) is 6.04 Å². The normalized spacial score (nSPS) is 17.4. The number of aliphatic carboxylic acids is 1. The SMILES string of the molecule is COCC(NC(=O)NC(C)C(=O)N1CCCC1)C(=O)O. The molecule has 3 amide bonds. The average molecular weight is 287 g/mol. The van der Waals surface area contributed by atoms with E-state index in [1.165, 1.54) is 7.11 Å². The molecule has 0 radical (unpaired) electrons. The van der Waals surface area contributed by atoms with Crippen molar-refractivity contribution >= 4 is 17.9 Å². The highest BCUT2D eigenvalue weighted by Gasteiger charge is 2.26. The predicted molar refractivity (Wildman–Crippen MR) is 70.2 cm³/mol. The van der Waals surface area contributed by atoms with E-state index in [1.54, 1.807) is 11.8 Å². The third-order valence-corrected chi connectivity index (χ3v) is 3.07. The summed E-state index contributed by atoms with van der Waals surface area (Å²) in [4.78, 5) is 36.2. The maximum atomic E-state index is 12.0. The minimum absolute atomic E-state index is 0.142. The van der Waals surface area contributed by atoms with E-state index in [-0.39, 0.29) is 12.5 Å². The summed E-state index contributed by atoms with van der Waals surface area (Å²) in [6, 6.07) is -2.53. The quantitative estimate of drug-likeness (QED) is 0.604. The van der Waals surface area contributed by atoms with E-state index in [9.17, 15) is 14.4 Å². The van der Waals surface area contributed by atoms with E-state index in [2.05, 4.69) is 10.6 Å². The standard InChI is InChI=1S/C12H21N3O5/c1-8(10(16)15-5-3-4-6-15)13-12(19)14-9(7-20-2)11(17)18/h8-9H,3-7H2,1-2H3,(H,17,18)(H2,13,14,19). The second-order valence-corrected chi connectivity index (χ2v) is 4.72. The van der Waals surface area contributed by atoms with Gasteiger partial charge in [-0.15, -0.1) is 0 Å². The Balaban J connectivity index is 2.43. The summed E-state index contributed by atoms with van der Waals surface area (Å²) >= 11 is 0. The van der Waals surface area contributed by atoms with Gasteiger partial charge in [-0.25, -0.2) is 9.59 Å². The zero-order chi connectivity index (χ0) is 15.1. The molecular formula is C12H21N3O5. The molecule has 20 heavy (non-hydrogen) atoms. The van der Waals surface area contributed by atoms with Crippen LogP contribution < -0.4 is 10.6 Å². The zero-order valence-corrected chi connectivity index (χ0v) is 11.7. The number of hydrogen-bond acceptors (Lipinski definition) is 4. The highest BCUT2D eigenvalue weighted by molar-refractivity contribution is 5.88. The molecule has 0 saturated carbocycles. The third-order valence-electron chi connectivity index (χ3n) is 3.07. The molecule has 1 rings (SSSR count). The van der Waals surface area contributed by atoms with Gasteiger partial charge in [0.05, 0.1) is 6.61 Å². The first-order valence-corrected chi connectivity index (χ1v) is 6.53. The molecule has 0 aromatic heterocycles. The number of rotatable bonds is 6. The molecule has 0 aliphatic carbocycles. The van der Waals surface area contributed by atoms with E-state index in [0.717, 1.165) is 12.8 Å². The number of ether oxygens (including phenoxy) is 1. The Morgan fingerprint density at radius 1 is 1.25 bits per heavy atom. The van der Waals surface area contributed by atoms with Crippen molar-refractivity contribution < 1.29 is 24.2 Å². The molecule has 1 heterocycles. The number of nitrogens with zero attached hydrogens (tertiary/aromatic N) is 1. The smallest absolute Gasteiger partial charge is 0.328 e. The number of carboxylic acids is 1. The van der Waals surface area contributed by atoms with Gasteiger partial charge in [-0.2, -0.15) is 0 Å². The summed E-state index contributed by atoms with van der Waals surface area (Å²) < 4.78 is 4.70. The lowest BCUT2D eigenvalue weighted by molar-refractivity contribution is -0.140. The largest absolute Gasteiger partial charge is 0.480 e. The van der Waals surface area contributed by atoms with Crippen molar-refractivity contribution in [3.8, 4) is 0 Å². The van der Waals surface area contributed by atoms with Crippen LogP contribution in [-0.4, -0.2) is 66.8 Å². The van der Waals surface area contributed by atoms with Crippen LogP contribution >= 0.6 is 0 Å². The van der Waals surface area contributed by atoms with Gasteiger partial charge in [0.15, 0.2) is 6.04 Å². The summed E-state index contributed by atoms with van der Waals surface area (Å²) in [7, 11) is 1.34. The molecule has 2 atom stereocenters. The minimum Gasteiger partial charge on any atom is -0.480 e. The maximum absolute atomic E-state index is 12.0. The number of likely N-dealkylation sites (tertiary alicyclic amines) is 1. The molecule has 0 aromatic rings. The van der Waals surface area contributed by atoms with Crippen LogP contribution in [-0.2, 0) is 14.3 Å². The van der Waals surface area contributed by atoms with Gasteiger partial charge in [-0.1, -0.05) is 0 Å². The molecule has 1 aliphatic heterocycles. The fourth-order valence-electron chi connectivity index (χ4n) is 2.01. The zero-order valence-electron chi connectivity index (χ0n) is 11.7. The summed E-state index contributed by atoms with van der Waals surface area (Å²) in [5, 5.41) is 13.6. The van der Waals surface area contributed by atoms with Gasteiger partial charge >= 0.3 is 12.0 Å². The molecule has 1 aliphatic rings. The monoisotopic (exact) mass is 287 g/mol. The van der Waals surface area contributed by atoms with Crippen molar-refractivity contribution in [1.82, 2.24) is 15.5 Å². The first-order valence-electron chi connectivity index (χ1n) is 6.53. The number of amides is 3. The number of nitrogens with one attached hydrogen (secondary N) is 2. The van der Waals surface area contributed by atoms with Crippen molar-refractivity contribution in [2.45, 2.75) is 31.8 Å². The van der Waals surface area contributed by atoms with Crippen LogP contribution in [0.1, 0.15) is 19.8 Å². The molecule has 114 valence electrons. The van der Waals surface area contributed by atoms with Gasteiger partial charge in [0, 0.05) is 20.2 Å². The van der Waals surface area contributed by atoms with Gasteiger partial charge in [-0.3, -0.25) is 4.79 Å². The number of methoxy groups -OCH3 is 1. The Kier molecular flexibility index (Phi) is 6.23. The van der Waals surface area contributed by atoms with Crippen molar-refractivity contribution in [3.63, 3.8) is 0 Å². The predicted octanol–water partition coefficient (Wildman–Crippen LogP) is -0.604. The van der Waals surface area contributed by atoms with Crippen LogP contribution in [0.15, 0.2) is 0 Å². The van der Waals surface area contributed by atoms with Crippen molar-refractivity contribution in [2.24, 2.45) is 0 Å². The number of urea groups is 1. The molecule has 0 spiro atoms. The van der Waals surface area contributed by atoms with E-state index >= 15 is 0 Å². The average Bonchev–Trinajstić information content (AvgIpc) is 2.90. The second kappa shape index (κ2) is 7.68. The van der Waals surface area contributed by atoms with Crippen LogP contribution in [0.3, 0.4) is 0 Å². The lowest BCUT2D eigenvalue weighted by Crippen LogP contribution is -2.53. The third kappa shape index (κ3) is 4.69. The molecule has 0 aromatic carbocycles. The topological polar surface area (TPSA) is 108 Å². The first kappa shape index (κ1) is 16.2. The molecule has 3 N–H and O–H groups in total. The molecule has 1 saturated heterocycles. The lowest BCUT2D eigenvalue weighted by Gasteiger charge is -2.22. The number of carbonyl (C=O) groups excluding carboxylic acids is 2. The summed E-state index contributed by atoms with van der Waals surface area (Å²) in [6.45, 7) is 2.84. The molecule has 1 fully saturated rings. The fourth-order valence-corrected chi connectivity index (χ4v) is 2.01. The first-order chi connectivity index (χ1) is 9.45. The number of carboxylic acid groups (broad SMARTS) is 1. The highest BCUT2D eigenvalue weighted by atomic mass is 16.5. The van der Waals surface area contributed by atoms with Crippen molar-refractivity contribution in [3.05, 3.63) is 0 Å². The summed E-state index contributed by atoms with van der Waals surface area (Å²) in [6.07, 6.45) is 1.94. The summed E-state index contributed by atoms with van der Waals surface area (Å²) in [5.41, 5.74) is 0. The molecule has 8 nitrogen and oxygen atoms in total. The van der Waals surface area contributed by atoms with Crippen molar-refractivity contribution in [2.75, 3.05) is 26.8 Å². The van der Waals surface area contributed by atoms with Gasteiger partial charge in [0.25, 0.3) is 0 Å². The van der Waals surface area contributed by atoms with E-state index in [4.69, 9.17) is 9.84 Å². The molecule has 2 unspecified atom stereocenters. The van der Waals surface area contributed by atoms with E-state index in [1.807, 2.05) is 0 Å². The van der Waals surface area contributed by atoms with E-state index in [0.29, 0.717) is 13.1 Å². The Morgan fingerprint density at radius 3 is 2.35 bits per heavy atom. The Hall–Kier alpha value is -1.83. The summed E-state index contributed by atoms with van der Waals surface area (Å²) in [5.74, 6) is -1.35. The highest BCUT2D eigenvalue weighted by Crippen LogP contribution is 2.08. The van der Waals surface area contributed by atoms with Gasteiger partial charge < -0.3 is 25.4 Å². The molecule has 0 bridgehead atoms. The van der Waals surface area contributed by atoms with Crippen LogP contribution in [0.25, 0.3) is 0 Å². The Bertz CT molecular complexity index is 368. The van der Waals surface area contributed by atoms with Crippen LogP contribution in [0.4, 0.5) is 4.79 Å². The van der Waals surface area contributed by atoms with Gasteiger partial charge in [0.2, 0.25) is 5.91 Å². The lowest BCUT2D eigenvalue weighted by atomic mass is 10.3. The van der Waals surface area contributed by atoms with Crippen molar-refractivity contribution in [1.29, 1.82) is 0 Å². The van der Waals surface area contributed by atoms with E-state index < -0.39 is 24.1 Å². The molecular weight excluding hydrogens is 266 g/mol. The number of carbonyl (C=O) groups is 3. The van der Waals surface area contributed by atoms with Crippen LogP contribution in [0, 0.1) is 0 Å². The molecule has 8 heteroatoms. The fraction of sp³-hybridized carbons (Fsp3) is 0.750. The van der Waals surface area contributed by atoms with Crippen LogP contribution in [0.5, 0.6) is 0 Å². The Morgan fingerprint density at radius 2 is 1.85 bits per heavy atom. The second-order valence-electron chi connectivity index (χ2n) is 4.72.